The van der Waals surface area contributed by atoms with E-state index in [1.54, 1.807) is 0 Å². The molecule has 0 spiro atoms. The Kier molecular flexibility index (Phi) is 8.59. The van der Waals surface area contributed by atoms with Gasteiger partial charge in [0.05, 0.1) is 27.5 Å². The summed E-state index contributed by atoms with van der Waals surface area (Å²) in [5, 5.41) is 13.4. The predicted octanol–water partition coefficient (Wildman–Crippen LogP) is 1.97. The quantitative estimate of drug-likeness (QED) is 0.223. The van der Waals surface area contributed by atoms with E-state index in [1.165, 1.54) is 33.1 Å². The van der Waals surface area contributed by atoms with Crippen LogP contribution in [0.15, 0.2) is 18.2 Å². The zero-order valence-electron chi connectivity index (χ0n) is 18.0. The van der Waals surface area contributed by atoms with Crippen LogP contribution in [0.3, 0.4) is 0 Å². The summed E-state index contributed by atoms with van der Waals surface area (Å²) < 4.78 is 14.8. The molecule has 0 unspecified atom stereocenters. The van der Waals surface area contributed by atoms with Gasteiger partial charge in [0, 0.05) is 18.7 Å². The van der Waals surface area contributed by atoms with Crippen molar-refractivity contribution in [2.45, 2.75) is 13.8 Å². The number of hydrogen-bond acceptors (Lipinski definition) is 10. The normalized spacial score (nSPS) is 10.4. The maximum atomic E-state index is 12.4. The van der Waals surface area contributed by atoms with Gasteiger partial charge < -0.3 is 25.3 Å². The van der Waals surface area contributed by atoms with Gasteiger partial charge in [-0.2, -0.15) is 0 Å². The molecule has 0 radical (unpaired) electrons. The van der Waals surface area contributed by atoms with Gasteiger partial charge in [0.25, 0.3) is 17.5 Å². The van der Waals surface area contributed by atoms with Crippen LogP contribution in [-0.4, -0.2) is 55.6 Å². The molecule has 0 bridgehead atoms. The van der Waals surface area contributed by atoms with Crippen LogP contribution in [0, 0.1) is 24.0 Å². The van der Waals surface area contributed by atoms with Gasteiger partial charge in [-0.15, -0.1) is 11.3 Å². The first-order chi connectivity index (χ1) is 15.6. The number of hydrogen-bond donors (Lipinski definition) is 2. The molecule has 2 amide bonds. The van der Waals surface area contributed by atoms with E-state index in [1.807, 2.05) is 0 Å². The SMILES string of the molecule is COCCOC(=O)c1c(NC(=O)COC(=O)c2ccc(C)c([N+](=O)[O-])c2)sc(C(N)=O)c1C. The lowest BCUT2D eigenvalue weighted by atomic mass is 10.1. The second-order valence-corrected chi connectivity index (χ2v) is 7.66. The third-order valence-corrected chi connectivity index (χ3v) is 5.55. The molecule has 33 heavy (non-hydrogen) atoms. The zero-order chi connectivity index (χ0) is 24.7. The summed E-state index contributed by atoms with van der Waals surface area (Å²) >= 11 is 0.773. The monoisotopic (exact) mass is 479 g/mol. The molecule has 0 atom stereocenters. The highest BCUT2D eigenvalue weighted by atomic mass is 32.1. The molecule has 0 saturated carbocycles. The lowest BCUT2D eigenvalue weighted by molar-refractivity contribution is -0.385. The van der Waals surface area contributed by atoms with E-state index in [0.717, 1.165) is 17.4 Å². The number of benzene rings is 1. The van der Waals surface area contributed by atoms with Crippen molar-refractivity contribution in [1.82, 2.24) is 0 Å². The van der Waals surface area contributed by atoms with Crippen LogP contribution < -0.4 is 11.1 Å². The van der Waals surface area contributed by atoms with Crippen LogP contribution in [0.5, 0.6) is 0 Å². The van der Waals surface area contributed by atoms with Gasteiger partial charge >= 0.3 is 11.9 Å². The lowest BCUT2D eigenvalue weighted by Crippen LogP contribution is -2.22. The Morgan fingerprint density at radius 3 is 2.42 bits per heavy atom. The van der Waals surface area contributed by atoms with Crippen molar-refractivity contribution in [3.63, 3.8) is 0 Å². The van der Waals surface area contributed by atoms with Crippen molar-refractivity contribution in [2.24, 2.45) is 5.73 Å². The fourth-order valence-electron chi connectivity index (χ4n) is 2.68. The third-order valence-electron chi connectivity index (χ3n) is 4.32. The number of ether oxygens (including phenoxy) is 3. The maximum absolute atomic E-state index is 12.4. The second kappa shape index (κ2) is 11.2. The van der Waals surface area contributed by atoms with E-state index in [-0.39, 0.29) is 45.5 Å². The molecule has 0 saturated heterocycles. The van der Waals surface area contributed by atoms with Crippen LogP contribution >= 0.6 is 11.3 Å². The number of methoxy groups -OCH3 is 1. The Morgan fingerprint density at radius 1 is 1.12 bits per heavy atom. The van der Waals surface area contributed by atoms with E-state index in [4.69, 9.17) is 19.9 Å². The largest absolute Gasteiger partial charge is 0.460 e. The number of thiophene rings is 1. The minimum atomic E-state index is -0.951. The van der Waals surface area contributed by atoms with Gasteiger partial charge in [0.15, 0.2) is 6.61 Å². The van der Waals surface area contributed by atoms with Gasteiger partial charge in [-0.1, -0.05) is 6.07 Å². The smallest absolute Gasteiger partial charge is 0.341 e. The van der Waals surface area contributed by atoms with Crippen molar-refractivity contribution in [3.8, 4) is 0 Å². The van der Waals surface area contributed by atoms with Crippen molar-refractivity contribution < 1.29 is 38.3 Å². The van der Waals surface area contributed by atoms with E-state index in [9.17, 15) is 29.3 Å². The van der Waals surface area contributed by atoms with E-state index in [2.05, 4.69) is 5.32 Å². The van der Waals surface area contributed by atoms with Crippen LogP contribution in [-0.2, 0) is 19.0 Å². The Balaban J connectivity index is 2.13. The zero-order valence-corrected chi connectivity index (χ0v) is 18.8. The molecule has 1 heterocycles. The number of esters is 2. The van der Waals surface area contributed by atoms with Crippen LogP contribution in [0.1, 0.15) is 41.5 Å². The van der Waals surface area contributed by atoms with Crippen LogP contribution in [0.4, 0.5) is 10.7 Å². The lowest BCUT2D eigenvalue weighted by Gasteiger charge is -2.09. The molecule has 12 nitrogen and oxygen atoms in total. The van der Waals surface area contributed by atoms with Crippen LogP contribution in [0.25, 0.3) is 0 Å². The first-order valence-corrected chi connectivity index (χ1v) is 10.2. The fourth-order valence-corrected chi connectivity index (χ4v) is 3.75. The number of amides is 2. The van der Waals surface area contributed by atoms with Gasteiger partial charge in [-0.25, -0.2) is 9.59 Å². The summed E-state index contributed by atoms with van der Waals surface area (Å²) in [5.41, 5.74) is 5.49. The minimum Gasteiger partial charge on any atom is -0.460 e. The van der Waals surface area contributed by atoms with Crippen molar-refractivity contribution >= 4 is 45.8 Å². The summed E-state index contributed by atoms with van der Waals surface area (Å²) in [5.74, 6) is -3.36. The maximum Gasteiger partial charge on any atom is 0.341 e. The van der Waals surface area contributed by atoms with E-state index in [0.29, 0.717) is 5.56 Å². The van der Waals surface area contributed by atoms with Crippen LogP contribution in [0.2, 0.25) is 0 Å². The number of nitrogens with one attached hydrogen (secondary N) is 1. The molecule has 1 aromatic heterocycles. The fraction of sp³-hybridized carbons (Fsp3) is 0.300. The Labute approximate surface area is 191 Å². The Bertz CT molecular complexity index is 1110. The van der Waals surface area contributed by atoms with Crippen molar-refractivity contribution in [1.29, 1.82) is 0 Å². The summed E-state index contributed by atoms with van der Waals surface area (Å²) in [4.78, 5) is 59.0. The molecule has 2 aromatic rings. The first-order valence-electron chi connectivity index (χ1n) is 9.38. The summed E-state index contributed by atoms with van der Waals surface area (Å²) in [6.45, 7) is 2.34. The molecular weight excluding hydrogens is 458 g/mol. The number of nitro benzene ring substituents is 1. The number of aryl methyl sites for hydroxylation is 1. The molecule has 13 heteroatoms. The second-order valence-electron chi connectivity index (χ2n) is 6.64. The topological polar surface area (TPSA) is 177 Å². The third kappa shape index (κ3) is 6.33. The number of nitrogens with two attached hydrogens (primary N) is 1. The molecule has 2 rings (SSSR count). The average molecular weight is 479 g/mol. The molecule has 3 N–H and O–H groups in total. The van der Waals surface area contributed by atoms with Gasteiger partial charge in [0.2, 0.25) is 0 Å². The summed E-state index contributed by atoms with van der Waals surface area (Å²) in [6.07, 6.45) is 0. The molecule has 176 valence electrons. The Morgan fingerprint density at radius 2 is 1.82 bits per heavy atom. The highest BCUT2D eigenvalue weighted by Gasteiger charge is 2.26. The average Bonchev–Trinajstić information content (AvgIpc) is 3.08. The standard InChI is InChI=1S/C20H21N3O9S/c1-10-4-5-12(8-13(10)23(28)29)19(26)32-9-14(24)22-18-15(20(27)31-7-6-30-3)11(2)16(33-18)17(21)25/h4-5,8H,6-7,9H2,1-3H3,(H2,21,25)(H,22,24). The highest BCUT2D eigenvalue weighted by Crippen LogP contribution is 2.33. The number of primary amides is 1. The summed E-state index contributed by atoms with van der Waals surface area (Å²) in [7, 11) is 1.43. The molecule has 0 aliphatic carbocycles. The van der Waals surface area contributed by atoms with Crippen molar-refractivity contribution in [2.75, 3.05) is 32.2 Å². The number of carbonyl (C=O) groups excluding carboxylic acids is 4. The highest BCUT2D eigenvalue weighted by molar-refractivity contribution is 7.18. The number of carbonyl (C=O) groups is 4. The van der Waals surface area contributed by atoms with Crippen molar-refractivity contribution in [3.05, 3.63) is 55.4 Å². The summed E-state index contributed by atoms with van der Waals surface area (Å²) in [6, 6.07) is 3.76. The predicted molar refractivity (Wildman–Crippen MR) is 116 cm³/mol. The molecule has 0 aliphatic rings. The minimum absolute atomic E-state index is 0.00394. The Hall–Kier alpha value is -3.84. The number of nitrogens with zero attached hydrogens (tertiary/aromatic N) is 1. The first kappa shape index (κ1) is 25.4. The molecule has 0 aliphatic heterocycles. The number of nitro groups is 1. The van der Waals surface area contributed by atoms with E-state index < -0.39 is 35.3 Å². The van der Waals surface area contributed by atoms with Gasteiger partial charge in [-0.05, 0) is 25.5 Å². The van der Waals surface area contributed by atoms with Gasteiger partial charge in [-0.3, -0.25) is 19.7 Å². The number of rotatable bonds is 10. The van der Waals surface area contributed by atoms with Gasteiger partial charge in [0.1, 0.15) is 11.6 Å². The molecule has 0 fully saturated rings. The number of anilines is 1. The molecule has 1 aromatic carbocycles. The van der Waals surface area contributed by atoms with E-state index >= 15 is 0 Å². The molecular formula is C20H21N3O9S.